The first-order valence-electron chi connectivity index (χ1n) is 10.5. The Kier molecular flexibility index (Phi) is 7.53. The number of ether oxygens (including phenoxy) is 1. The van der Waals surface area contributed by atoms with Crippen molar-refractivity contribution in [2.75, 3.05) is 17.9 Å². The SMILES string of the molecule is CCc1ccc(OCCNC(=O)c2ccc(C)c(S(=O)(=O)Nc3ccc(C)cc3)c2)cc1. The molecular formula is C25H28N2O4S. The van der Waals surface area contributed by atoms with Crippen LogP contribution in [0, 0.1) is 13.8 Å². The number of hydrogen-bond donors (Lipinski definition) is 2. The zero-order chi connectivity index (χ0) is 23.1. The Morgan fingerprint density at radius 2 is 1.62 bits per heavy atom. The van der Waals surface area contributed by atoms with E-state index in [1.807, 2.05) is 43.3 Å². The molecule has 2 N–H and O–H groups in total. The highest BCUT2D eigenvalue weighted by molar-refractivity contribution is 7.92. The molecule has 0 spiro atoms. The minimum Gasteiger partial charge on any atom is -0.492 e. The summed E-state index contributed by atoms with van der Waals surface area (Å²) in [6, 6.07) is 19.5. The average molecular weight is 453 g/mol. The molecule has 168 valence electrons. The van der Waals surface area contributed by atoms with Gasteiger partial charge in [-0.1, -0.05) is 42.8 Å². The van der Waals surface area contributed by atoms with Crippen LogP contribution in [0.2, 0.25) is 0 Å². The lowest BCUT2D eigenvalue weighted by Gasteiger charge is -2.13. The highest BCUT2D eigenvalue weighted by Gasteiger charge is 2.19. The molecular weight excluding hydrogens is 424 g/mol. The van der Waals surface area contributed by atoms with Gasteiger partial charge in [-0.05, 0) is 67.8 Å². The minimum absolute atomic E-state index is 0.0676. The summed E-state index contributed by atoms with van der Waals surface area (Å²) in [6.07, 6.45) is 0.963. The van der Waals surface area contributed by atoms with Crippen LogP contribution >= 0.6 is 0 Å². The molecule has 0 saturated heterocycles. The average Bonchev–Trinajstić information content (AvgIpc) is 2.78. The quantitative estimate of drug-likeness (QED) is 0.469. The second-order valence-corrected chi connectivity index (χ2v) is 9.20. The monoisotopic (exact) mass is 452 g/mol. The van der Waals surface area contributed by atoms with Gasteiger partial charge in [0.05, 0.1) is 11.4 Å². The molecule has 1 amide bonds. The van der Waals surface area contributed by atoms with E-state index in [1.54, 1.807) is 31.2 Å². The maximum atomic E-state index is 12.9. The molecule has 6 nitrogen and oxygen atoms in total. The van der Waals surface area contributed by atoms with Crippen molar-refractivity contribution in [3.63, 3.8) is 0 Å². The Labute approximate surface area is 189 Å². The van der Waals surface area contributed by atoms with Crippen LogP contribution in [0.1, 0.15) is 34.0 Å². The Morgan fingerprint density at radius 3 is 2.28 bits per heavy atom. The van der Waals surface area contributed by atoms with E-state index in [0.717, 1.165) is 17.7 Å². The third kappa shape index (κ3) is 6.11. The first kappa shape index (κ1) is 23.3. The Bertz CT molecular complexity index is 1170. The lowest BCUT2D eigenvalue weighted by molar-refractivity contribution is 0.0946. The molecule has 0 heterocycles. The first-order valence-corrected chi connectivity index (χ1v) is 12.0. The second-order valence-electron chi connectivity index (χ2n) is 7.55. The van der Waals surface area contributed by atoms with E-state index >= 15 is 0 Å². The topological polar surface area (TPSA) is 84.5 Å². The third-order valence-corrected chi connectivity index (χ3v) is 6.55. The number of amides is 1. The van der Waals surface area contributed by atoms with Gasteiger partial charge in [0.25, 0.3) is 15.9 Å². The van der Waals surface area contributed by atoms with Crippen LogP contribution in [0.4, 0.5) is 5.69 Å². The number of hydrogen-bond acceptors (Lipinski definition) is 4. The zero-order valence-electron chi connectivity index (χ0n) is 18.5. The summed E-state index contributed by atoms with van der Waals surface area (Å²) in [4.78, 5) is 12.6. The number of aryl methyl sites for hydroxylation is 3. The molecule has 3 aromatic carbocycles. The van der Waals surface area contributed by atoms with Crippen molar-refractivity contribution in [1.82, 2.24) is 5.32 Å². The number of carbonyl (C=O) groups is 1. The Balaban J connectivity index is 1.62. The smallest absolute Gasteiger partial charge is 0.262 e. The van der Waals surface area contributed by atoms with E-state index in [4.69, 9.17) is 4.74 Å². The van der Waals surface area contributed by atoms with E-state index in [9.17, 15) is 13.2 Å². The summed E-state index contributed by atoms with van der Waals surface area (Å²) in [5.41, 5.74) is 3.55. The zero-order valence-corrected chi connectivity index (χ0v) is 19.3. The molecule has 0 aliphatic rings. The predicted molar refractivity (Wildman–Crippen MR) is 127 cm³/mol. The van der Waals surface area contributed by atoms with E-state index in [-0.39, 0.29) is 16.4 Å². The van der Waals surface area contributed by atoms with Gasteiger partial charge in [-0.2, -0.15) is 0 Å². The van der Waals surface area contributed by atoms with Gasteiger partial charge in [0.15, 0.2) is 0 Å². The van der Waals surface area contributed by atoms with Gasteiger partial charge >= 0.3 is 0 Å². The first-order chi connectivity index (χ1) is 15.3. The van der Waals surface area contributed by atoms with E-state index < -0.39 is 10.0 Å². The van der Waals surface area contributed by atoms with E-state index in [1.165, 1.54) is 11.6 Å². The van der Waals surface area contributed by atoms with Crippen LogP contribution < -0.4 is 14.8 Å². The molecule has 0 aliphatic carbocycles. The third-order valence-electron chi connectivity index (χ3n) is 5.03. The number of sulfonamides is 1. The lowest BCUT2D eigenvalue weighted by Crippen LogP contribution is -2.28. The van der Waals surface area contributed by atoms with Crippen molar-refractivity contribution in [2.24, 2.45) is 0 Å². The molecule has 0 saturated carbocycles. The minimum atomic E-state index is -3.83. The van der Waals surface area contributed by atoms with Gasteiger partial charge < -0.3 is 10.1 Å². The predicted octanol–water partition coefficient (Wildman–Crippen LogP) is 4.48. The van der Waals surface area contributed by atoms with Crippen LogP contribution in [-0.4, -0.2) is 27.5 Å². The summed E-state index contributed by atoms with van der Waals surface area (Å²) in [5.74, 6) is 0.379. The van der Waals surface area contributed by atoms with Gasteiger partial charge in [-0.3, -0.25) is 9.52 Å². The number of anilines is 1. The van der Waals surface area contributed by atoms with Crippen LogP contribution in [-0.2, 0) is 16.4 Å². The number of carbonyl (C=O) groups excluding carboxylic acids is 1. The maximum Gasteiger partial charge on any atom is 0.262 e. The molecule has 0 fully saturated rings. The van der Waals surface area contributed by atoms with E-state index in [2.05, 4.69) is 17.0 Å². The van der Waals surface area contributed by atoms with Crippen molar-refractivity contribution < 1.29 is 17.9 Å². The van der Waals surface area contributed by atoms with Crippen molar-refractivity contribution >= 4 is 21.6 Å². The fourth-order valence-corrected chi connectivity index (χ4v) is 4.45. The summed E-state index contributed by atoms with van der Waals surface area (Å²) in [6.45, 7) is 6.32. The molecule has 32 heavy (non-hydrogen) atoms. The molecule has 3 aromatic rings. The molecule has 3 rings (SSSR count). The number of nitrogens with one attached hydrogen (secondary N) is 2. The van der Waals surface area contributed by atoms with Gasteiger partial charge in [-0.15, -0.1) is 0 Å². The van der Waals surface area contributed by atoms with Crippen LogP contribution in [0.5, 0.6) is 5.75 Å². The maximum absolute atomic E-state index is 12.9. The van der Waals surface area contributed by atoms with Gasteiger partial charge in [0, 0.05) is 11.3 Å². The summed E-state index contributed by atoms with van der Waals surface area (Å²) < 4.78 is 34.0. The van der Waals surface area contributed by atoms with Crippen molar-refractivity contribution in [1.29, 1.82) is 0 Å². The molecule has 0 aliphatic heterocycles. The summed E-state index contributed by atoms with van der Waals surface area (Å²) in [5, 5.41) is 2.77. The highest BCUT2D eigenvalue weighted by atomic mass is 32.2. The Morgan fingerprint density at radius 1 is 0.938 bits per heavy atom. The van der Waals surface area contributed by atoms with E-state index in [0.29, 0.717) is 24.4 Å². The molecule has 7 heteroatoms. The van der Waals surface area contributed by atoms with Crippen LogP contribution in [0.25, 0.3) is 0 Å². The number of benzene rings is 3. The molecule has 0 aromatic heterocycles. The Hall–Kier alpha value is -3.32. The fraction of sp³-hybridized carbons (Fsp3) is 0.240. The molecule has 0 atom stereocenters. The van der Waals surface area contributed by atoms with Gasteiger partial charge in [-0.25, -0.2) is 8.42 Å². The summed E-state index contributed by atoms with van der Waals surface area (Å²) in [7, 11) is -3.83. The summed E-state index contributed by atoms with van der Waals surface area (Å²) >= 11 is 0. The fourth-order valence-electron chi connectivity index (χ4n) is 3.12. The van der Waals surface area contributed by atoms with Crippen LogP contribution in [0.15, 0.2) is 71.6 Å². The lowest BCUT2D eigenvalue weighted by atomic mass is 10.1. The molecule has 0 radical (unpaired) electrons. The van der Waals surface area contributed by atoms with Crippen molar-refractivity contribution in [3.05, 3.63) is 89.0 Å². The van der Waals surface area contributed by atoms with Gasteiger partial charge in [0.1, 0.15) is 12.4 Å². The normalized spacial score (nSPS) is 11.1. The molecule has 0 bridgehead atoms. The second kappa shape index (κ2) is 10.3. The van der Waals surface area contributed by atoms with Gasteiger partial charge in [0.2, 0.25) is 0 Å². The van der Waals surface area contributed by atoms with Crippen LogP contribution in [0.3, 0.4) is 0 Å². The number of rotatable bonds is 9. The standard InChI is InChI=1S/C25H28N2O4S/c1-4-20-8-13-23(14-9-20)31-16-15-26-25(28)21-10-7-19(3)24(17-21)32(29,30)27-22-11-5-18(2)6-12-22/h5-14,17,27H,4,15-16H2,1-3H3,(H,26,28). The van der Waals surface area contributed by atoms with Crippen molar-refractivity contribution in [3.8, 4) is 5.75 Å². The highest BCUT2D eigenvalue weighted by Crippen LogP contribution is 2.21. The molecule has 0 unspecified atom stereocenters. The van der Waals surface area contributed by atoms with Crippen molar-refractivity contribution in [2.45, 2.75) is 32.1 Å². The largest absolute Gasteiger partial charge is 0.492 e.